The van der Waals surface area contributed by atoms with Crippen LogP contribution in [0, 0.1) is 36.0 Å². The number of fused-ring (bicyclic) bond motifs is 2. The molecule has 5 rings (SSSR count). The van der Waals surface area contributed by atoms with Gasteiger partial charge in [0.1, 0.15) is 11.5 Å². The lowest BCUT2D eigenvalue weighted by atomic mass is 10.0. The Hall–Kier alpha value is -4.61. The number of hydrogen-bond donors (Lipinski definition) is 0. The van der Waals surface area contributed by atoms with Gasteiger partial charge in [0.15, 0.2) is 29.6 Å². The van der Waals surface area contributed by atoms with Crippen molar-refractivity contribution < 1.29 is 55.2 Å². The topological polar surface area (TPSA) is 80.3 Å². The number of allylic oxidation sites excluding steroid dienone is 1. The second kappa shape index (κ2) is 9.12. The van der Waals surface area contributed by atoms with Gasteiger partial charge >= 0.3 is 5.97 Å². The van der Waals surface area contributed by atoms with Crippen LogP contribution < -0.4 is 23.7 Å². The maximum absolute atomic E-state index is 13.7. The molecule has 0 spiro atoms. The molecule has 37 heavy (non-hydrogen) atoms. The monoisotopic (exact) mass is 520 g/mol. The fraction of sp³-hybridized carbons (Fsp3) is 0.120. The van der Waals surface area contributed by atoms with Crippen LogP contribution in [0.4, 0.5) is 22.0 Å². The molecular weight excluding hydrogens is 507 g/mol. The van der Waals surface area contributed by atoms with Crippen molar-refractivity contribution in [3.63, 3.8) is 0 Å². The molecule has 190 valence electrons. The van der Waals surface area contributed by atoms with Crippen LogP contribution in [0.5, 0.6) is 28.7 Å². The Labute approximate surface area is 204 Å². The third-order valence-corrected chi connectivity index (χ3v) is 5.37. The van der Waals surface area contributed by atoms with Gasteiger partial charge < -0.3 is 23.7 Å². The van der Waals surface area contributed by atoms with Gasteiger partial charge in [0.2, 0.25) is 41.7 Å². The smallest absolute Gasteiger partial charge is 0.349 e. The lowest BCUT2D eigenvalue weighted by molar-refractivity contribution is -0.136. The summed E-state index contributed by atoms with van der Waals surface area (Å²) < 4.78 is 92.9. The number of ketones is 1. The van der Waals surface area contributed by atoms with Crippen molar-refractivity contribution in [2.24, 2.45) is 0 Å². The van der Waals surface area contributed by atoms with E-state index in [9.17, 15) is 31.5 Å². The summed E-state index contributed by atoms with van der Waals surface area (Å²) in [7, 11) is 0. The summed E-state index contributed by atoms with van der Waals surface area (Å²) in [6, 6.07) is 7.61. The molecule has 0 atom stereocenters. The van der Waals surface area contributed by atoms with Crippen LogP contribution >= 0.6 is 0 Å². The number of rotatable bonds is 5. The predicted octanol–water partition coefficient (Wildman–Crippen LogP) is 5.02. The minimum atomic E-state index is -2.36. The zero-order valence-electron chi connectivity index (χ0n) is 18.6. The molecule has 2 heterocycles. The number of ether oxygens (including phenoxy) is 5. The molecule has 0 fully saturated rings. The first-order valence-corrected chi connectivity index (χ1v) is 10.5. The van der Waals surface area contributed by atoms with E-state index in [2.05, 4.69) is 4.74 Å². The molecule has 2 aliphatic rings. The van der Waals surface area contributed by atoms with Crippen molar-refractivity contribution in [1.82, 2.24) is 0 Å². The summed E-state index contributed by atoms with van der Waals surface area (Å²) >= 11 is 0. The van der Waals surface area contributed by atoms with Crippen molar-refractivity contribution in [3.05, 3.63) is 81.9 Å². The number of Topliss-reactive ketones (excluding diaryl/α,β-unsaturated/α-hetero) is 1. The molecule has 7 nitrogen and oxygen atoms in total. The zero-order chi connectivity index (χ0) is 26.4. The molecule has 3 aromatic carbocycles. The van der Waals surface area contributed by atoms with Gasteiger partial charge in [-0.25, -0.2) is 18.0 Å². The molecule has 0 saturated carbocycles. The van der Waals surface area contributed by atoms with Crippen LogP contribution in [0.2, 0.25) is 0 Å². The number of carbonyl (C=O) groups excluding carboxylic acids is 2. The minimum absolute atomic E-state index is 0.00455. The van der Waals surface area contributed by atoms with Crippen LogP contribution in [-0.2, 0) is 4.79 Å². The van der Waals surface area contributed by atoms with E-state index in [0.29, 0.717) is 22.6 Å². The maximum atomic E-state index is 13.7. The zero-order valence-corrected chi connectivity index (χ0v) is 18.6. The summed E-state index contributed by atoms with van der Waals surface area (Å²) in [4.78, 5) is 25.0. The number of carbonyl (C=O) groups is 2. The lowest BCUT2D eigenvalue weighted by Crippen LogP contribution is -2.19. The van der Waals surface area contributed by atoms with Crippen molar-refractivity contribution in [3.8, 4) is 28.7 Å². The Bertz CT molecular complexity index is 1490. The van der Waals surface area contributed by atoms with Gasteiger partial charge in [-0.2, -0.15) is 8.78 Å². The Morgan fingerprint density at radius 2 is 1.59 bits per heavy atom. The number of benzene rings is 3. The lowest BCUT2D eigenvalue weighted by Gasteiger charge is -2.11. The normalized spacial score (nSPS) is 14.5. The first kappa shape index (κ1) is 24.1. The second-order valence-electron chi connectivity index (χ2n) is 7.83. The molecule has 0 unspecified atom stereocenters. The molecule has 0 radical (unpaired) electrons. The highest BCUT2D eigenvalue weighted by atomic mass is 19.2. The van der Waals surface area contributed by atoms with E-state index in [4.69, 9.17) is 18.9 Å². The number of halogens is 5. The van der Waals surface area contributed by atoms with Gasteiger partial charge in [-0.3, -0.25) is 4.79 Å². The highest BCUT2D eigenvalue weighted by Crippen LogP contribution is 2.39. The molecule has 0 bridgehead atoms. The number of hydrogen-bond acceptors (Lipinski definition) is 7. The first-order chi connectivity index (χ1) is 17.6. The summed E-state index contributed by atoms with van der Waals surface area (Å²) in [5.74, 6) is -13.5. The van der Waals surface area contributed by atoms with Gasteiger partial charge in [-0.05, 0) is 42.3 Å². The molecule has 3 aromatic rings. The van der Waals surface area contributed by atoms with Crippen LogP contribution in [-0.4, -0.2) is 25.2 Å². The van der Waals surface area contributed by atoms with Crippen LogP contribution in [0.1, 0.15) is 21.5 Å². The molecule has 0 saturated heterocycles. The highest BCUT2D eigenvalue weighted by Gasteiger charge is 2.31. The summed E-state index contributed by atoms with van der Waals surface area (Å²) in [5.41, 5.74) is 1.22. The van der Waals surface area contributed by atoms with Gasteiger partial charge in [0.05, 0.1) is 5.56 Å². The SMILES string of the molecule is Cc1cc(OC(=O)COc2c(F)c(F)c(F)c(F)c2F)cc2c1C(=O)/C(=C/c1ccc3c(c1)OCO3)O2. The first-order valence-electron chi connectivity index (χ1n) is 10.5. The molecule has 0 amide bonds. The largest absolute Gasteiger partial charge is 0.476 e. The van der Waals surface area contributed by atoms with Crippen LogP contribution in [0.25, 0.3) is 6.08 Å². The average molecular weight is 520 g/mol. The number of esters is 1. The van der Waals surface area contributed by atoms with E-state index in [1.165, 1.54) is 18.2 Å². The number of aryl methyl sites for hydroxylation is 1. The van der Waals surface area contributed by atoms with E-state index in [-0.39, 0.29) is 29.6 Å². The Balaban J connectivity index is 1.31. The fourth-order valence-electron chi connectivity index (χ4n) is 3.69. The van der Waals surface area contributed by atoms with E-state index >= 15 is 0 Å². The Kier molecular flexibility index (Phi) is 5.94. The van der Waals surface area contributed by atoms with Gasteiger partial charge in [-0.15, -0.1) is 0 Å². The second-order valence-corrected chi connectivity index (χ2v) is 7.83. The summed E-state index contributed by atoms with van der Waals surface area (Å²) in [6.07, 6.45) is 1.49. The van der Waals surface area contributed by atoms with Crippen molar-refractivity contribution >= 4 is 17.8 Å². The Morgan fingerprint density at radius 3 is 2.32 bits per heavy atom. The van der Waals surface area contributed by atoms with Crippen molar-refractivity contribution in [2.45, 2.75) is 6.92 Å². The molecule has 0 aromatic heterocycles. The van der Waals surface area contributed by atoms with E-state index in [1.807, 2.05) is 0 Å². The predicted molar refractivity (Wildman–Crippen MR) is 114 cm³/mol. The van der Waals surface area contributed by atoms with Gasteiger partial charge in [0.25, 0.3) is 0 Å². The minimum Gasteiger partial charge on any atom is -0.476 e. The third kappa shape index (κ3) is 4.30. The van der Waals surface area contributed by atoms with Gasteiger partial charge in [0, 0.05) is 6.07 Å². The molecule has 0 N–H and O–H groups in total. The Morgan fingerprint density at radius 1 is 0.919 bits per heavy atom. The molecule has 0 aliphatic carbocycles. The average Bonchev–Trinajstić information content (AvgIpc) is 3.45. The maximum Gasteiger partial charge on any atom is 0.349 e. The van der Waals surface area contributed by atoms with E-state index < -0.39 is 53.2 Å². The highest BCUT2D eigenvalue weighted by molar-refractivity contribution is 6.15. The van der Waals surface area contributed by atoms with E-state index in [0.717, 1.165) is 0 Å². The summed E-state index contributed by atoms with van der Waals surface area (Å²) in [6.45, 7) is 0.472. The van der Waals surface area contributed by atoms with E-state index in [1.54, 1.807) is 25.1 Å². The fourth-order valence-corrected chi connectivity index (χ4v) is 3.69. The van der Waals surface area contributed by atoms with Crippen LogP contribution in [0.15, 0.2) is 36.1 Å². The quantitative estimate of drug-likeness (QED) is 0.117. The molecule has 12 heteroatoms. The third-order valence-electron chi connectivity index (χ3n) is 5.37. The van der Waals surface area contributed by atoms with Crippen molar-refractivity contribution in [2.75, 3.05) is 13.4 Å². The standard InChI is InChI=1S/C25H13F5O7/c1-10-4-12(36-17(31)8-33-25-22(29)20(27)19(26)21(28)23(25)30)7-15-18(10)24(32)16(37-15)6-11-2-3-13-14(5-11)35-9-34-13/h2-7H,8-9H2,1H3/b16-6-. The van der Waals surface area contributed by atoms with Crippen LogP contribution in [0.3, 0.4) is 0 Å². The summed E-state index contributed by atoms with van der Waals surface area (Å²) in [5, 5.41) is 0. The van der Waals surface area contributed by atoms with Crippen molar-refractivity contribution in [1.29, 1.82) is 0 Å². The van der Waals surface area contributed by atoms with Gasteiger partial charge in [-0.1, -0.05) is 6.07 Å². The molecular formula is C25H13F5O7. The molecule has 2 aliphatic heterocycles.